The number of aryl methyl sites for hydroxylation is 1. The number of para-hydroxylation sites is 1. The van der Waals surface area contributed by atoms with Crippen LogP contribution >= 0.6 is 0 Å². The first-order valence-corrected chi connectivity index (χ1v) is 7.97. The van der Waals surface area contributed by atoms with Gasteiger partial charge in [0, 0.05) is 24.6 Å². The van der Waals surface area contributed by atoms with Gasteiger partial charge in [-0.1, -0.05) is 18.2 Å². The highest BCUT2D eigenvalue weighted by Crippen LogP contribution is 2.13. The number of hydrogen-bond donors (Lipinski definition) is 2. The normalized spacial score (nSPS) is 11.2. The molecule has 6 nitrogen and oxygen atoms in total. The van der Waals surface area contributed by atoms with Gasteiger partial charge in [-0.2, -0.15) is 5.10 Å². The molecule has 6 heteroatoms. The average molecular weight is 329 g/mol. The molecule has 128 valence electrons. The topological polar surface area (TPSA) is 84.2 Å². The van der Waals surface area contributed by atoms with Gasteiger partial charge in [-0.3, -0.25) is 9.59 Å². The Balaban J connectivity index is 1.84. The number of carbonyl (C=O) groups is 2. The van der Waals surface area contributed by atoms with Gasteiger partial charge in [0.15, 0.2) is 0 Å². The van der Waals surface area contributed by atoms with Crippen molar-refractivity contribution >= 4 is 11.9 Å². The highest BCUT2D eigenvalue weighted by atomic mass is 16.4. The van der Waals surface area contributed by atoms with Crippen LogP contribution in [-0.2, 0) is 16.0 Å². The van der Waals surface area contributed by atoms with Gasteiger partial charge < -0.3 is 10.4 Å². The molecule has 1 heterocycles. The molecule has 0 atom stereocenters. The third-order valence-corrected chi connectivity index (χ3v) is 3.74. The number of carbonyl (C=O) groups excluding carboxylic acids is 1. The quantitative estimate of drug-likeness (QED) is 0.779. The molecule has 0 spiro atoms. The van der Waals surface area contributed by atoms with E-state index in [-0.39, 0.29) is 12.3 Å². The largest absolute Gasteiger partial charge is 0.481 e. The zero-order chi connectivity index (χ0) is 17.6. The van der Waals surface area contributed by atoms with E-state index in [0.29, 0.717) is 19.3 Å². The monoisotopic (exact) mass is 329 g/mol. The van der Waals surface area contributed by atoms with E-state index < -0.39 is 11.5 Å². The molecule has 0 aliphatic rings. The number of amides is 1. The predicted molar refractivity (Wildman–Crippen MR) is 91.0 cm³/mol. The second-order valence-corrected chi connectivity index (χ2v) is 6.45. The number of aliphatic carboxylic acids is 1. The van der Waals surface area contributed by atoms with Crippen molar-refractivity contribution in [2.45, 2.75) is 45.1 Å². The van der Waals surface area contributed by atoms with Crippen molar-refractivity contribution in [2.75, 3.05) is 0 Å². The summed E-state index contributed by atoms with van der Waals surface area (Å²) in [6.07, 6.45) is 5.05. The first kappa shape index (κ1) is 17.7. The van der Waals surface area contributed by atoms with E-state index >= 15 is 0 Å². The van der Waals surface area contributed by atoms with Gasteiger partial charge in [-0.15, -0.1) is 0 Å². The Bertz CT molecular complexity index is 693. The molecule has 0 saturated carbocycles. The van der Waals surface area contributed by atoms with Gasteiger partial charge in [0.1, 0.15) is 0 Å². The van der Waals surface area contributed by atoms with Crippen LogP contribution in [0.25, 0.3) is 5.69 Å². The van der Waals surface area contributed by atoms with E-state index in [1.165, 1.54) is 0 Å². The van der Waals surface area contributed by atoms with Crippen LogP contribution in [0.4, 0.5) is 0 Å². The van der Waals surface area contributed by atoms with Gasteiger partial charge in [-0.05, 0) is 44.4 Å². The maximum Gasteiger partial charge on any atom is 0.303 e. The van der Waals surface area contributed by atoms with Crippen LogP contribution in [0, 0.1) is 0 Å². The first-order valence-electron chi connectivity index (χ1n) is 7.97. The summed E-state index contributed by atoms with van der Waals surface area (Å²) in [7, 11) is 0. The summed E-state index contributed by atoms with van der Waals surface area (Å²) in [5, 5.41) is 15.9. The van der Waals surface area contributed by atoms with Gasteiger partial charge in [0.25, 0.3) is 0 Å². The van der Waals surface area contributed by atoms with Gasteiger partial charge in [0.2, 0.25) is 5.91 Å². The van der Waals surface area contributed by atoms with E-state index in [1.807, 2.05) is 50.4 Å². The van der Waals surface area contributed by atoms with Crippen LogP contribution in [0.1, 0.15) is 38.7 Å². The van der Waals surface area contributed by atoms with Crippen LogP contribution in [0.2, 0.25) is 0 Å². The molecule has 1 aromatic heterocycles. The molecule has 0 unspecified atom stereocenters. The lowest BCUT2D eigenvalue weighted by atomic mass is 9.98. The van der Waals surface area contributed by atoms with Gasteiger partial charge in [0.05, 0.1) is 11.9 Å². The Kier molecular flexibility index (Phi) is 5.73. The summed E-state index contributed by atoms with van der Waals surface area (Å²) in [4.78, 5) is 22.7. The maximum absolute atomic E-state index is 12.1. The zero-order valence-corrected chi connectivity index (χ0v) is 14.0. The number of nitrogens with one attached hydrogen (secondary N) is 1. The number of hydrogen-bond acceptors (Lipinski definition) is 3. The van der Waals surface area contributed by atoms with E-state index in [1.54, 1.807) is 10.9 Å². The number of benzene rings is 1. The number of carboxylic acids is 1. The molecule has 1 amide bonds. The molecule has 0 radical (unpaired) electrons. The molecule has 0 aliphatic heterocycles. The number of aromatic nitrogens is 2. The van der Waals surface area contributed by atoms with Gasteiger partial charge >= 0.3 is 5.97 Å². The second kappa shape index (κ2) is 7.77. The molecular formula is C18H23N3O3. The Morgan fingerprint density at radius 3 is 2.58 bits per heavy atom. The molecular weight excluding hydrogens is 306 g/mol. The fourth-order valence-corrected chi connectivity index (χ4v) is 2.39. The van der Waals surface area contributed by atoms with Crippen molar-refractivity contribution in [3.8, 4) is 5.69 Å². The minimum Gasteiger partial charge on any atom is -0.481 e. The third-order valence-electron chi connectivity index (χ3n) is 3.74. The second-order valence-electron chi connectivity index (χ2n) is 6.45. The average Bonchev–Trinajstić information content (AvgIpc) is 3.01. The fourth-order valence-electron chi connectivity index (χ4n) is 2.39. The lowest BCUT2D eigenvalue weighted by Gasteiger charge is -2.25. The molecule has 2 aromatic rings. The van der Waals surface area contributed by atoms with Crippen LogP contribution in [0.3, 0.4) is 0 Å². The van der Waals surface area contributed by atoms with Crippen molar-refractivity contribution in [3.63, 3.8) is 0 Å². The van der Waals surface area contributed by atoms with Crippen molar-refractivity contribution in [1.29, 1.82) is 0 Å². The highest BCUT2D eigenvalue weighted by molar-refractivity contribution is 5.77. The summed E-state index contributed by atoms with van der Waals surface area (Å²) in [5.74, 6) is -0.941. The zero-order valence-electron chi connectivity index (χ0n) is 14.0. The molecule has 0 saturated heterocycles. The molecule has 2 N–H and O–H groups in total. The minimum absolute atomic E-state index is 0.0388. The predicted octanol–water partition coefficient (Wildman–Crippen LogP) is 2.56. The summed E-state index contributed by atoms with van der Waals surface area (Å²) in [6, 6.07) is 9.78. The number of rotatable bonds is 8. The summed E-state index contributed by atoms with van der Waals surface area (Å²) in [6.45, 7) is 3.67. The third kappa shape index (κ3) is 5.53. The minimum atomic E-state index is -0.856. The van der Waals surface area contributed by atoms with Crippen LogP contribution < -0.4 is 5.32 Å². The van der Waals surface area contributed by atoms with E-state index in [9.17, 15) is 9.59 Å². The summed E-state index contributed by atoms with van der Waals surface area (Å²) < 4.78 is 1.78. The van der Waals surface area contributed by atoms with Crippen molar-refractivity contribution < 1.29 is 14.7 Å². The molecule has 2 rings (SSSR count). The molecule has 0 bridgehead atoms. The van der Waals surface area contributed by atoms with Crippen molar-refractivity contribution in [1.82, 2.24) is 15.1 Å². The summed E-state index contributed by atoms with van der Waals surface area (Å²) >= 11 is 0. The van der Waals surface area contributed by atoms with E-state index in [4.69, 9.17) is 5.11 Å². The number of carboxylic acid groups (broad SMARTS) is 1. The van der Waals surface area contributed by atoms with Crippen LogP contribution in [0.5, 0.6) is 0 Å². The van der Waals surface area contributed by atoms with Crippen molar-refractivity contribution in [3.05, 3.63) is 48.3 Å². The van der Waals surface area contributed by atoms with Gasteiger partial charge in [-0.25, -0.2) is 4.68 Å². The Morgan fingerprint density at radius 2 is 1.92 bits per heavy atom. The molecule has 0 aliphatic carbocycles. The fraction of sp³-hybridized carbons (Fsp3) is 0.389. The first-order chi connectivity index (χ1) is 11.4. The number of nitrogens with zero attached hydrogens (tertiary/aromatic N) is 2. The highest BCUT2D eigenvalue weighted by Gasteiger charge is 2.21. The van der Waals surface area contributed by atoms with E-state index in [0.717, 1.165) is 11.3 Å². The lowest BCUT2D eigenvalue weighted by Crippen LogP contribution is -2.43. The Morgan fingerprint density at radius 1 is 1.21 bits per heavy atom. The lowest BCUT2D eigenvalue weighted by molar-refractivity contribution is -0.137. The summed E-state index contributed by atoms with van der Waals surface area (Å²) in [5.41, 5.74) is 1.43. The standard InChI is InChI=1S/C18H23N3O3/c1-18(2,11-10-17(23)24)20-16(22)9-8-14-12-19-21(13-14)15-6-4-3-5-7-15/h3-7,12-13H,8-11H2,1-2H3,(H,20,22)(H,23,24). The molecule has 1 aromatic carbocycles. The van der Waals surface area contributed by atoms with E-state index in [2.05, 4.69) is 10.4 Å². The van der Waals surface area contributed by atoms with Crippen molar-refractivity contribution in [2.24, 2.45) is 0 Å². The Labute approximate surface area is 141 Å². The SMILES string of the molecule is CC(C)(CCC(=O)O)NC(=O)CCc1cnn(-c2ccccc2)c1. The molecule has 24 heavy (non-hydrogen) atoms. The Hall–Kier alpha value is -2.63. The van der Waals surface area contributed by atoms with Crippen LogP contribution in [0.15, 0.2) is 42.7 Å². The smallest absolute Gasteiger partial charge is 0.303 e. The van der Waals surface area contributed by atoms with Crippen LogP contribution in [-0.4, -0.2) is 32.3 Å². The molecule has 0 fully saturated rings. The maximum atomic E-state index is 12.1.